The van der Waals surface area contributed by atoms with E-state index in [0.29, 0.717) is 23.7 Å². The molecule has 0 aromatic rings. The van der Waals surface area contributed by atoms with Crippen LogP contribution in [-0.4, -0.2) is 29.4 Å². The zero-order valence-corrected chi connectivity index (χ0v) is 12.6. The minimum atomic E-state index is -0.652. The SMILES string of the molecule is CCC(CC)(C(=O)N(C)CCC(C)C)C(N)=S. The van der Waals surface area contributed by atoms with E-state index in [1.807, 2.05) is 20.9 Å². The molecule has 0 aromatic carbocycles. The number of hydrogen-bond acceptors (Lipinski definition) is 2. The molecule has 0 radical (unpaired) electrons. The molecule has 0 heterocycles. The predicted octanol–water partition coefficient (Wildman–Crippen LogP) is 2.58. The molecule has 0 spiro atoms. The lowest BCUT2D eigenvalue weighted by Gasteiger charge is -2.33. The maximum Gasteiger partial charge on any atom is 0.235 e. The first-order valence-electron chi connectivity index (χ1n) is 6.37. The predicted molar refractivity (Wildman–Crippen MR) is 76.9 cm³/mol. The first kappa shape index (κ1) is 16.4. The molecule has 0 bridgehead atoms. The molecule has 0 aliphatic heterocycles. The number of hydrogen-bond donors (Lipinski definition) is 1. The van der Waals surface area contributed by atoms with Gasteiger partial charge in [0.1, 0.15) is 0 Å². The Labute approximate surface area is 111 Å². The summed E-state index contributed by atoms with van der Waals surface area (Å²) in [6, 6.07) is 0. The number of thiocarbonyl (C=S) groups is 1. The molecule has 0 aliphatic rings. The molecular weight excluding hydrogens is 232 g/mol. The molecule has 0 aromatic heterocycles. The van der Waals surface area contributed by atoms with Crippen LogP contribution in [-0.2, 0) is 4.79 Å². The molecule has 0 fully saturated rings. The Morgan fingerprint density at radius 3 is 2.12 bits per heavy atom. The van der Waals surface area contributed by atoms with Crippen LogP contribution in [0, 0.1) is 11.3 Å². The quantitative estimate of drug-likeness (QED) is 0.714. The van der Waals surface area contributed by atoms with Crippen molar-refractivity contribution < 1.29 is 4.79 Å². The lowest BCUT2D eigenvalue weighted by molar-refractivity contribution is -0.137. The van der Waals surface area contributed by atoms with Crippen LogP contribution >= 0.6 is 12.2 Å². The highest BCUT2D eigenvalue weighted by molar-refractivity contribution is 7.80. The second-order valence-corrected chi connectivity index (χ2v) is 5.50. The second-order valence-electron chi connectivity index (χ2n) is 5.06. The Kier molecular flexibility index (Phi) is 6.68. The third-order valence-corrected chi connectivity index (χ3v) is 3.87. The molecule has 4 heteroatoms. The number of nitrogens with zero attached hydrogens (tertiary/aromatic N) is 1. The fourth-order valence-electron chi connectivity index (χ4n) is 1.93. The van der Waals surface area contributed by atoms with Crippen LogP contribution in [0.3, 0.4) is 0 Å². The maximum absolute atomic E-state index is 12.4. The average molecular weight is 258 g/mol. The van der Waals surface area contributed by atoms with E-state index in [1.165, 1.54) is 0 Å². The first-order chi connectivity index (χ1) is 7.81. The molecule has 2 N–H and O–H groups in total. The van der Waals surface area contributed by atoms with E-state index in [9.17, 15) is 4.79 Å². The number of carbonyl (C=O) groups excluding carboxylic acids is 1. The summed E-state index contributed by atoms with van der Waals surface area (Å²) < 4.78 is 0. The second kappa shape index (κ2) is 6.94. The van der Waals surface area contributed by atoms with Crippen molar-refractivity contribution in [2.24, 2.45) is 17.1 Å². The smallest absolute Gasteiger partial charge is 0.235 e. The van der Waals surface area contributed by atoms with Gasteiger partial charge in [0.05, 0.1) is 10.4 Å². The molecule has 1 amide bonds. The summed E-state index contributed by atoms with van der Waals surface area (Å²) >= 11 is 5.09. The zero-order chi connectivity index (χ0) is 13.6. The Hall–Kier alpha value is -0.640. The van der Waals surface area contributed by atoms with Crippen LogP contribution in [0.15, 0.2) is 0 Å². The Balaban J connectivity index is 4.79. The van der Waals surface area contributed by atoms with Crippen LogP contribution in [0.2, 0.25) is 0 Å². The molecule has 100 valence electrons. The summed E-state index contributed by atoms with van der Waals surface area (Å²) in [5, 5.41) is 0. The van der Waals surface area contributed by atoms with E-state index in [2.05, 4.69) is 13.8 Å². The van der Waals surface area contributed by atoms with Gasteiger partial charge in [-0.05, 0) is 25.2 Å². The third-order valence-electron chi connectivity index (χ3n) is 3.48. The largest absolute Gasteiger partial charge is 0.392 e. The van der Waals surface area contributed by atoms with E-state index in [4.69, 9.17) is 18.0 Å². The molecule has 0 aliphatic carbocycles. The van der Waals surface area contributed by atoms with E-state index in [1.54, 1.807) is 4.90 Å². The molecule has 0 saturated carbocycles. The normalized spacial score (nSPS) is 11.6. The summed E-state index contributed by atoms with van der Waals surface area (Å²) in [6.45, 7) is 9.01. The number of nitrogens with two attached hydrogens (primary N) is 1. The summed E-state index contributed by atoms with van der Waals surface area (Å²) in [5.41, 5.74) is 5.12. The van der Waals surface area contributed by atoms with Crippen LogP contribution < -0.4 is 5.73 Å². The molecule has 17 heavy (non-hydrogen) atoms. The summed E-state index contributed by atoms with van der Waals surface area (Å²) in [4.78, 5) is 14.5. The number of rotatable bonds is 7. The molecule has 0 atom stereocenters. The van der Waals surface area contributed by atoms with Crippen molar-refractivity contribution in [3.05, 3.63) is 0 Å². The van der Waals surface area contributed by atoms with Crippen molar-refractivity contribution in [1.82, 2.24) is 4.90 Å². The van der Waals surface area contributed by atoms with Crippen molar-refractivity contribution >= 4 is 23.1 Å². The number of carbonyl (C=O) groups is 1. The van der Waals surface area contributed by atoms with E-state index in [-0.39, 0.29) is 5.91 Å². The molecule has 0 saturated heterocycles. The van der Waals surface area contributed by atoms with Gasteiger partial charge in [-0.3, -0.25) is 4.79 Å². The van der Waals surface area contributed by atoms with Gasteiger partial charge < -0.3 is 10.6 Å². The standard InChI is InChI=1S/C13H26N2OS/c1-6-13(7-2,11(14)17)12(16)15(5)9-8-10(3)4/h10H,6-9H2,1-5H3,(H2,14,17). The highest BCUT2D eigenvalue weighted by Crippen LogP contribution is 2.29. The van der Waals surface area contributed by atoms with Crippen LogP contribution in [0.5, 0.6) is 0 Å². The van der Waals surface area contributed by atoms with Crippen molar-refractivity contribution in [3.8, 4) is 0 Å². The van der Waals surface area contributed by atoms with Gasteiger partial charge in [0.2, 0.25) is 5.91 Å². The van der Waals surface area contributed by atoms with E-state index >= 15 is 0 Å². The average Bonchev–Trinajstić information content (AvgIpc) is 2.27. The molecule has 3 nitrogen and oxygen atoms in total. The van der Waals surface area contributed by atoms with Gasteiger partial charge in [-0.1, -0.05) is 39.9 Å². The molecule has 0 unspecified atom stereocenters. The van der Waals surface area contributed by atoms with Gasteiger partial charge in [-0.2, -0.15) is 0 Å². The van der Waals surface area contributed by atoms with E-state index < -0.39 is 5.41 Å². The van der Waals surface area contributed by atoms with Gasteiger partial charge in [-0.25, -0.2) is 0 Å². The summed E-state index contributed by atoms with van der Waals surface area (Å²) in [6.07, 6.45) is 2.34. The molecule has 0 rings (SSSR count). The Morgan fingerprint density at radius 1 is 1.35 bits per heavy atom. The van der Waals surface area contributed by atoms with Gasteiger partial charge >= 0.3 is 0 Å². The monoisotopic (exact) mass is 258 g/mol. The molecular formula is C13H26N2OS. The Morgan fingerprint density at radius 2 is 1.82 bits per heavy atom. The van der Waals surface area contributed by atoms with Gasteiger partial charge in [0.15, 0.2) is 0 Å². The fourth-order valence-corrected chi connectivity index (χ4v) is 2.30. The maximum atomic E-state index is 12.4. The Bertz CT molecular complexity index is 273. The van der Waals surface area contributed by atoms with Crippen LogP contribution in [0.1, 0.15) is 47.0 Å². The van der Waals surface area contributed by atoms with Crippen molar-refractivity contribution in [1.29, 1.82) is 0 Å². The van der Waals surface area contributed by atoms with Crippen molar-refractivity contribution in [3.63, 3.8) is 0 Å². The van der Waals surface area contributed by atoms with Crippen LogP contribution in [0.4, 0.5) is 0 Å². The fraction of sp³-hybridized carbons (Fsp3) is 0.846. The van der Waals surface area contributed by atoms with Gasteiger partial charge in [0.25, 0.3) is 0 Å². The minimum absolute atomic E-state index is 0.0654. The summed E-state index contributed by atoms with van der Waals surface area (Å²) in [5.74, 6) is 0.656. The topological polar surface area (TPSA) is 46.3 Å². The van der Waals surface area contributed by atoms with E-state index in [0.717, 1.165) is 13.0 Å². The van der Waals surface area contributed by atoms with Gasteiger partial charge in [0, 0.05) is 13.6 Å². The van der Waals surface area contributed by atoms with Gasteiger partial charge in [-0.15, -0.1) is 0 Å². The van der Waals surface area contributed by atoms with Crippen molar-refractivity contribution in [2.45, 2.75) is 47.0 Å². The zero-order valence-electron chi connectivity index (χ0n) is 11.7. The highest BCUT2D eigenvalue weighted by Gasteiger charge is 2.39. The number of amides is 1. The summed E-state index contributed by atoms with van der Waals surface area (Å²) in [7, 11) is 1.84. The minimum Gasteiger partial charge on any atom is -0.392 e. The first-order valence-corrected chi connectivity index (χ1v) is 6.78. The van der Waals surface area contributed by atoms with Crippen LogP contribution in [0.25, 0.3) is 0 Å². The third kappa shape index (κ3) is 3.95. The lowest BCUT2D eigenvalue weighted by atomic mass is 9.80. The lowest BCUT2D eigenvalue weighted by Crippen LogP contribution is -2.49. The highest BCUT2D eigenvalue weighted by atomic mass is 32.1. The van der Waals surface area contributed by atoms with Crippen molar-refractivity contribution in [2.75, 3.05) is 13.6 Å².